The van der Waals surface area contributed by atoms with E-state index in [9.17, 15) is 9.90 Å². The molecule has 1 atom stereocenters. The van der Waals surface area contributed by atoms with Crippen LogP contribution in [0.1, 0.15) is 31.0 Å². The van der Waals surface area contributed by atoms with Crippen molar-refractivity contribution >= 4 is 5.91 Å². The van der Waals surface area contributed by atoms with Gasteiger partial charge in [-0.3, -0.25) is 9.78 Å². The van der Waals surface area contributed by atoms with E-state index in [4.69, 9.17) is 0 Å². The molecule has 0 aliphatic carbocycles. The highest BCUT2D eigenvalue weighted by molar-refractivity contribution is 5.78. The largest absolute Gasteiger partial charge is 0.393 e. The second kappa shape index (κ2) is 6.15. The molecule has 1 saturated heterocycles. The predicted octanol–water partition coefficient (Wildman–Crippen LogP) is 1.55. The number of pyridine rings is 1. The van der Waals surface area contributed by atoms with E-state index in [1.54, 1.807) is 6.20 Å². The van der Waals surface area contributed by atoms with Crippen LogP contribution in [0.2, 0.25) is 0 Å². The molecule has 1 aromatic rings. The van der Waals surface area contributed by atoms with Gasteiger partial charge in [0.2, 0.25) is 5.91 Å². The number of rotatable bonds is 3. The quantitative estimate of drug-likeness (QED) is 0.899. The third-order valence-electron chi connectivity index (χ3n) is 4.01. The molecule has 104 valence electrons. The minimum Gasteiger partial charge on any atom is -0.393 e. The van der Waals surface area contributed by atoms with E-state index < -0.39 is 0 Å². The van der Waals surface area contributed by atoms with Gasteiger partial charge < -0.3 is 10.0 Å². The van der Waals surface area contributed by atoms with E-state index in [1.165, 1.54) is 0 Å². The Kier molecular flexibility index (Phi) is 4.53. The van der Waals surface area contributed by atoms with Gasteiger partial charge in [0.1, 0.15) is 0 Å². The van der Waals surface area contributed by atoms with Gasteiger partial charge in [-0.1, -0.05) is 6.07 Å². The summed E-state index contributed by atoms with van der Waals surface area (Å²) in [6.45, 7) is 5.31. The van der Waals surface area contributed by atoms with Crippen LogP contribution in [0.5, 0.6) is 0 Å². The summed E-state index contributed by atoms with van der Waals surface area (Å²) in [7, 11) is 0. The molecule has 0 spiro atoms. The maximum atomic E-state index is 12.2. The normalized spacial score (nSPS) is 18.4. The van der Waals surface area contributed by atoms with Crippen molar-refractivity contribution in [2.24, 2.45) is 5.92 Å². The molecule has 1 aromatic heterocycles. The van der Waals surface area contributed by atoms with Crippen molar-refractivity contribution in [2.45, 2.75) is 39.2 Å². The molecule has 1 aliphatic heterocycles. The Hall–Kier alpha value is -1.42. The number of nitrogens with zero attached hydrogens (tertiary/aromatic N) is 2. The van der Waals surface area contributed by atoms with Gasteiger partial charge in [0, 0.05) is 19.3 Å². The predicted molar refractivity (Wildman–Crippen MR) is 73.7 cm³/mol. The molecule has 4 nitrogen and oxygen atoms in total. The van der Waals surface area contributed by atoms with Crippen molar-refractivity contribution in [2.75, 3.05) is 13.1 Å². The molecule has 19 heavy (non-hydrogen) atoms. The highest BCUT2D eigenvalue weighted by atomic mass is 16.3. The molecular formula is C15H22N2O2. The van der Waals surface area contributed by atoms with E-state index in [2.05, 4.69) is 4.98 Å². The fraction of sp³-hybridized carbons (Fsp3) is 0.600. The van der Waals surface area contributed by atoms with Gasteiger partial charge in [-0.15, -0.1) is 0 Å². The Morgan fingerprint density at radius 1 is 1.53 bits per heavy atom. The van der Waals surface area contributed by atoms with E-state index in [-0.39, 0.29) is 12.0 Å². The SMILES string of the molecule is Cc1cccnc1CC(=O)N1CCC(C(C)O)CC1. The number of carbonyl (C=O) groups is 1. The number of piperidine rings is 1. The van der Waals surface area contributed by atoms with Gasteiger partial charge in [-0.25, -0.2) is 0 Å². The second-order valence-corrected chi connectivity index (χ2v) is 5.40. The lowest BCUT2D eigenvalue weighted by Crippen LogP contribution is -2.41. The number of hydrogen-bond acceptors (Lipinski definition) is 3. The zero-order chi connectivity index (χ0) is 13.8. The van der Waals surface area contributed by atoms with Crippen LogP contribution in [0.4, 0.5) is 0 Å². The molecule has 0 aromatic carbocycles. The Morgan fingerprint density at radius 2 is 2.21 bits per heavy atom. The maximum Gasteiger partial charge on any atom is 0.228 e. The molecule has 4 heteroatoms. The number of amides is 1. The van der Waals surface area contributed by atoms with E-state index in [0.29, 0.717) is 12.3 Å². The molecule has 1 aliphatic rings. The van der Waals surface area contributed by atoms with Crippen LogP contribution < -0.4 is 0 Å². The van der Waals surface area contributed by atoms with Gasteiger partial charge in [0.05, 0.1) is 18.2 Å². The Bertz CT molecular complexity index is 438. The summed E-state index contributed by atoms with van der Waals surface area (Å²) >= 11 is 0. The highest BCUT2D eigenvalue weighted by Crippen LogP contribution is 2.21. The third-order valence-corrected chi connectivity index (χ3v) is 4.01. The molecule has 0 radical (unpaired) electrons. The fourth-order valence-electron chi connectivity index (χ4n) is 2.59. The van der Waals surface area contributed by atoms with Gasteiger partial charge in [-0.05, 0) is 44.2 Å². The number of aromatic nitrogens is 1. The zero-order valence-electron chi connectivity index (χ0n) is 11.7. The summed E-state index contributed by atoms with van der Waals surface area (Å²) in [5, 5.41) is 9.56. The first-order chi connectivity index (χ1) is 9.08. The average molecular weight is 262 g/mol. The first-order valence-electron chi connectivity index (χ1n) is 6.94. The Morgan fingerprint density at radius 3 is 2.79 bits per heavy atom. The van der Waals surface area contributed by atoms with Crippen LogP contribution in [-0.4, -0.2) is 40.1 Å². The van der Waals surface area contributed by atoms with Crippen LogP contribution >= 0.6 is 0 Å². The van der Waals surface area contributed by atoms with Gasteiger partial charge in [0.15, 0.2) is 0 Å². The van der Waals surface area contributed by atoms with Crippen LogP contribution in [-0.2, 0) is 11.2 Å². The van der Waals surface area contributed by atoms with Crippen molar-refractivity contribution < 1.29 is 9.90 Å². The van der Waals surface area contributed by atoms with Crippen molar-refractivity contribution in [1.29, 1.82) is 0 Å². The number of likely N-dealkylation sites (tertiary alicyclic amines) is 1. The summed E-state index contributed by atoms with van der Waals surface area (Å²) in [5.41, 5.74) is 1.93. The Balaban J connectivity index is 1.90. The van der Waals surface area contributed by atoms with Crippen molar-refractivity contribution in [3.05, 3.63) is 29.6 Å². The number of carbonyl (C=O) groups excluding carboxylic acids is 1. The van der Waals surface area contributed by atoms with Crippen molar-refractivity contribution in [3.8, 4) is 0 Å². The molecule has 1 N–H and O–H groups in total. The minimum atomic E-state index is -0.268. The lowest BCUT2D eigenvalue weighted by atomic mass is 9.92. The van der Waals surface area contributed by atoms with E-state index in [0.717, 1.165) is 37.2 Å². The second-order valence-electron chi connectivity index (χ2n) is 5.40. The van der Waals surface area contributed by atoms with Gasteiger partial charge in [-0.2, -0.15) is 0 Å². The molecule has 1 unspecified atom stereocenters. The van der Waals surface area contributed by atoms with Crippen LogP contribution in [0.15, 0.2) is 18.3 Å². The number of aliphatic hydroxyl groups is 1. The first-order valence-corrected chi connectivity index (χ1v) is 6.94. The van der Waals surface area contributed by atoms with E-state index in [1.807, 2.05) is 30.9 Å². The standard InChI is InChI=1S/C15H22N2O2/c1-11-4-3-7-16-14(11)10-15(19)17-8-5-13(6-9-17)12(2)18/h3-4,7,12-13,18H,5-6,8-10H2,1-2H3. The van der Waals surface area contributed by atoms with Crippen LogP contribution in [0, 0.1) is 12.8 Å². The number of aliphatic hydroxyl groups excluding tert-OH is 1. The molecule has 2 heterocycles. The topological polar surface area (TPSA) is 53.4 Å². The van der Waals surface area contributed by atoms with Crippen molar-refractivity contribution in [1.82, 2.24) is 9.88 Å². The first kappa shape index (κ1) is 14.0. The highest BCUT2D eigenvalue weighted by Gasteiger charge is 2.25. The third kappa shape index (κ3) is 3.53. The van der Waals surface area contributed by atoms with Crippen molar-refractivity contribution in [3.63, 3.8) is 0 Å². The minimum absolute atomic E-state index is 0.144. The number of hydrogen-bond donors (Lipinski definition) is 1. The smallest absolute Gasteiger partial charge is 0.228 e. The molecule has 0 saturated carbocycles. The Labute approximate surface area is 114 Å². The lowest BCUT2D eigenvalue weighted by molar-refractivity contribution is -0.132. The summed E-state index contributed by atoms with van der Waals surface area (Å²) in [6.07, 6.45) is 3.63. The molecule has 0 bridgehead atoms. The summed E-state index contributed by atoms with van der Waals surface area (Å²) < 4.78 is 0. The van der Waals surface area contributed by atoms with Crippen LogP contribution in [0.25, 0.3) is 0 Å². The molecular weight excluding hydrogens is 240 g/mol. The zero-order valence-corrected chi connectivity index (χ0v) is 11.7. The van der Waals surface area contributed by atoms with Gasteiger partial charge in [0.25, 0.3) is 0 Å². The summed E-state index contributed by atoms with van der Waals surface area (Å²) in [6, 6.07) is 3.87. The molecule has 1 amide bonds. The molecule has 2 rings (SSSR count). The average Bonchev–Trinajstić information content (AvgIpc) is 2.41. The van der Waals surface area contributed by atoms with Gasteiger partial charge >= 0.3 is 0 Å². The maximum absolute atomic E-state index is 12.2. The molecule has 1 fully saturated rings. The van der Waals surface area contributed by atoms with Crippen LogP contribution in [0.3, 0.4) is 0 Å². The number of aryl methyl sites for hydroxylation is 1. The summed E-state index contributed by atoms with van der Waals surface area (Å²) in [5.74, 6) is 0.478. The van der Waals surface area contributed by atoms with E-state index >= 15 is 0 Å². The summed E-state index contributed by atoms with van der Waals surface area (Å²) in [4.78, 5) is 18.4. The monoisotopic (exact) mass is 262 g/mol. The lowest BCUT2D eigenvalue weighted by Gasteiger charge is -2.33. The fourth-order valence-corrected chi connectivity index (χ4v) is 2.59.